The first-order valence-electron chi connectivity index (χ1n) is 7.99. The summed E-state index contributed by atoms with van der Waals surface area (Å²) in [6, 6.07) is 14.7. The molecule has 1 fully saturated rings. The predicted molar refractivity (Wildman–Crippen MR) is 96.7 cm³/mol. The van der Waals surface area contributed by atoms with Gasteiger partial charge in [-0.15, -0.1) is 0 Å². The number of morpholine rings is 1. The highest BCUT2D eigenvalue weighted by atomic mass is 79.9. The molecule has 2 aromatic rings. The van der Waals surface area contributed by atoms with Gasteiger partial charge in [-0.1, -0.05) is 40.2 Å². The minimum absolute atomic E-state index is 0.0993. The third-order valence-corrected chi connectivity index (χ3v) is 4.59. The SMILES string of the molecule is O=Cc1ccccc1OCC(=O)N1CCOC(c2ccc(Br)cc2)C1. The van der Waals surface area contributed by atoms with Crippen LogP contribution >= 0.6 is 15.9 Å². The fraction of sp³-hybridized carbons (Fsp3) is 0.263. The van der Waals surface area contributed by atoms with Crippen LogP contribution in [0.25, 0.3) is 0 Å². The van der Waals surface area contributed by atoms with Gasteiger partial charge in [0.1, 0.15) is 11.9 Å². The second-order valence-electron chi connectivity index (χ2n) is 5.70. The number of halogens is 1. The summed E-state index contributed by atoms with van der Waals surface area (Å²) in [6.07, 6.45) is 0.575. The average Bonchev–Trinajstić information content (AvgIpc) is 2.67. The highest BCUT2D eigenvalue weighted by Crippen LogP contribution is 2.24. The van der Waals surface area contributed by atoms with E-state index in [1.807, 2.05) is 24.3 Å². The van der Waals surface area contributed by atoms with Crippen molar-refractivity contribution < 1.29 is 19.1 Å². The number of aldehydes is 1. The van der Waals surface area contributed by atoms with E-state index in [1.165, 1.54) is 0 Å². The number of hydrogen-bond donors (Lipinski definition) is 0. The molecular weight excluding hydrogens is 386 g/mol. The molecule has 1 unspecified atom stereocenters. The zero-order chi connectivity index (χ0) is 17.6. The Morgan fingerprint density at radius 2 is 2.00 bits per heavy atom. The zero-order valence-electron chi connectivity index (χ0n) is 13.6. The third-order valence-electron chi connectivity index (χ3n) is 4.06. The first-order valence-corrected chi connectivity index (χ1v) is 8.78. The van der Waals surface area contributed by atoms with Crippen LogP contribution in [0.15, 0.2) is 53.0 Å². The highest BCUT2D eigenvalue weighted by molar-refractivity contribution is 9.10. The van der Waals surface area contributed by atoms with Crippen molar-refractivity contribution in [1.82, 2.24) is 4.90 Å². The van der Waals surface area contributed by atoms with Crippen molar-refractivity contribution in [3.05, 3.63) is 64.1 Å². The van der Waals surface area contributed by atoms with Gasteiger partial charge >= 0.3 is 0 Å². The standard InChI is InChI=1S/C19H18BrNO4/c20-16-7-5-14(6-8-16)18-11-21(9-10-24-18)19(23)13-25-17-4-2-1-3-15(17)12-22/h1-8,12,18H,9-11,13H2. The summed E-state index contributed by atoms with van der Waals surface area (Å²) in [4.78, 5) is 25.2. The van der Waals surface area contributed by atoms with Gasteiger partial charge in [0.25, 0.3) is 5.91 Å². The van der Waals surface area contributed by atoms with Gasteiger partial charge in [-0.25, -0.2) is 0 Å². The quantitative estimate of drug-likeness (QED) is 0.719. The van der Waals surface area contributed by atoms with Crippen molar-refractivity contribution in [2.24, 2.45) is 0 Å². The van der Waals surface area contributed by atoms with Crippen molar-refractivity contribution in [3.8, 4) is 5.75 Å². The molecular formula is C19H18BrNO4. The smallest absolute Gasteiger partial charge is 0.260 e. The molecule has 0 aromatic heterocycles. The van der Waals surface area contributed by atoms with Crippen molar-refractivity contribution in [2.75, 3.05) is 26.3 Å². The molecule has 0 aliphatic carbocycles. The van der Waals surface area contributed by atoms with Crippen LogP contribution in [-0.4, -0.2) is 43.4 Å². The van der Waals surface area contributed by atoms with Crippen LogP contribution < -0.4 is 4.74 Å². The Balaban J connectivity index is 1.60. The topological polar surface area (TPSA) is 55.8 Å². The number of hydrogen-bond acceptors (Lipinski definition) is 4. The zero-order valence-corrected chi connectivity index (χ0v) is 15.1. The Kier molecular flexibility index (Phi) is 5.83. The lowest BCUT2D eigenvalue weighted by molar-refractivity contribution is -0.141. The molecule has 1 heterocycles. The number of benzene rings is 2. The number of rotatable bonds is 5. The number of para-hydroxylation sites is 1. The van der Waals surface area contributed by atoms with E-state index < -0.39 is 0 Å². The van der Waals surface area contributed by atoms with E-state index in [0.29, 0.717) is 31.0 Å². The molecule has 3 rings (SSSR count). The Morgan fingerprint density at radius 3 is 2.76 bits per heavy atom. The minimum atomic E-state index is -0.145. The Morgan fingerprint density at radius 1 is 1.24 bits per heavy atom. The second kappa shape index (κ2) is 8.27. The van der Waals surface area contributed by atoms with Crippen LogP contribution in [0.5, 0.6) is 5.75 Å². The molecule has 25 heavy (non-hydrogen) atoms. The number of carbonyl (C=O) groups is 2. The van der Waals surface area contributed by atoms with Crippen LogP contribution in [0.2, 0.25) is 0 Å². The number of amides is 1. The summed E-state index contributed by atoms with van der Waals surface area (Å²) in [6.45, 7) is 1.40. The second-order valence-corrected chi connectivity index (χ2v) is 6.61. The van der Waals surface area contributed by atoms with Gasteiger partial charge in [0.2, 0.25) is 0 Å². The maximum Gasteiger partial charge on any atom is 0.260 e. The summed E-state index contributed by atoms with van der Waals surface area (Å²) in [7, 11) is 0. The van der Waals surface area contributed by atoms with Gasteiger partial charge in [0, 0.05) is 11.0 Å². The van der Waals surface area contributed by atoms with Gasteiger partial charge in [-0.05, 0) is 29.8 Å². The fourth-order valence-corrected chi connectivity index (χ4v) is 2.96. The molecule has 0 bridgehead atoms. The molecule has 2 aromatic carbocycles. The Bertz CT molecular complexity index is 747. The van der Waals surface area contributed by atoms with Crippen LogP contribution in [0.3, 0.4) is 0 Å². The van der Waals surface area contributed by atoms with Gasteiger partial charge in [0.05, 0.1) is 18.7 Å². The third kappa shape index (κ3) is 4.46. The maximum atomic E-state index is 12.5. The lowest BCUT2D eigenvalue weighted by Crippen LogP contribution is -2.44. The fourth-order valence-electron chi connectivity index (χ4n) is 2.70. The van der Waals surface area contributed by atoms with E-state index >= 15 is 0 Å². The predicted octanol–water partition coefficient (Wildman–Crippen LogP) is 3.24. The monoisotopic (exact) mass is 403 g/mol. The van der Waals surface area contributed by atoms with Gasteiger partial charge in [-0.2, -0.15) is 0 Å². The maximum absolute atomic E-state index is 12.5. The summed E-state index contributed by atoms with van der Waals surface area (Å²) < 4.78 is 12.3. The molecule has 1 aliphatic heterocycles. The minimum Gasteiger partial charge on any atom is -0.483 e. The first kappa shape index (κ1) is 17.6. The number of carbonyl (C=O) groups excluding carboxylic acids is 2. The summed E-state index contributed by atoms with van der Waals surface area (Å²) >= 11 is 3.41. The van der Waals surface area contributed by atoms with E-state index in [4.69, 9.17) is 9.47 Å². The molecule has 5 nitrogen and oxygen atoms in total. The largest absolute Gasteiger partial charge is 0.483 e. The van der Waals surface area contributed by atoms with E-state index in [0.717, 1.165) is 16.3 Å². The van der Waals surface area contributed by atoms with E-state index in [-0.39, 0.29) is 18.6 Å². The van der Waals surface area contributed by atoms with Crippen molar-refractivity contribution in [2.45, 2.75) is 6.10 Å². The van der Waals surface area contributed by atoms with E-state index in [9.17, 15) is 9.59 Å². The summed E-state index contributed by atoms with van der Waals surface area (Å²) in [5.41, 5.74) is 1.47. The van der Waals surface area contributed by atoms with Gasteiger partial charge in [0.15, 0.2) is 12.9 Å². The lowest BCUT2D eigenvalue weighted by atomic mass is 10.1. The van der Waals surface area contributed by atoms with E-state index in [1.54, 1.807) is 29.2 Å². The molecule has 1 atom stereocenters. The Labute approximate surface area is 154 Å². The van der Waals surface area contributed by atoms with Crippen molar-refractivity contribution in [3.63, 3.8) is 0 Å². The molecule has 0 spiro atoms. The lowest BCUT2D eigenvalue weighted by Gasteiger charge is -2.33. The summed E-state index contributed by atoms with van der Waals surface area (Å²) in [5.74, 6) is 0.301. The highest BCUT2D eigenvalue weighted by Gasteiger charge is 2.25. The van der Waals surface area contributed by atoms with Crippen LogP contribution in [0.4, 0.5) is 0 Å². The van der Waals surface area contributed by atoms with E-state index in [2.05, 4.69) is 15.9 Å². The van der Waals surface area contributed by atoms with Crippen LogP contribution in [-0.2, 0) is 9.53 Å². The first-order chi connectivity index (χ1) is 12.2. The molecule has 1 saturated heterocycles. The van der Waals surface area contributed by atoms with Gasteiger partial charge < -0.3 is 14.4 Å². The average molecular weight is 404 g/mol. The molecule has 130 valence electrons. The van der Waals surface area contributed by atoms with Crippen LogP contribution in [0, 0.1) is 0 Å². The molecule has 1 amide bonds. The molecule has 0 N–H and O–H groups in total. The Hall–Kier alpha value is -2.18. The molecule has 0 saturated carbocycles. The van der Waals surface area contributed by atoms with Crippen molar-refractivity contribution in [1.29, 1.82) is 0 Å². The summed E-state index contributed by atoms with van der Waals surface area (Å²) in [5, 5.41) is 0. The normalized spacial score (nSPS) is 17.2. The molecule has 1 aliphatic rings. The number of ether oxygens (including phenoxy) is 2. The van der Waals surface area contributed by atoms with Crippen LogP contribution in [0.1, 0.15) is 22.0 Å². The molecule has 6 heteroatoms. The van der Waals surface area contributed by atoms with Crippen molar-refractivity contribution >= 4 is 28.1 Å². The van der Waals surface area contributed by atoms with Gasteiger partial charge in [-0.3, -0.25) is 9.59 Å². The number of nitrogens with zero attached hydrogens (tertiary/aromatic N) is 1. The molecule has 0 radical (unpaired) electrons.